The number of fused-ring (bicyclic) bond motifs is 3. The van der Waals surface area contributed by atoms with Crippen molar-refractivity contribution in [1.82, 2.24) is 15.0 Å². The highest BCUT2D eigenvalue weighted by Gasteiger charge is 2.19. The first-order valence-corrected chi connectivity index (χ1v) is 16.3. The second-order valence-electron chi connectivity index (χ2n) is 11.2. The Morgan fingerprint density at radius 1 is 0.347 bits per heavy atom. The molecule has 3 nitrogen and oxygen atoms in total. The van der Waals surface area contributed by atoms with Crippen LogP contribution in [0, 0.1) is 0 Å². The molecule has 2 heterocycles. The maximum Gasteiger partial charge on any atom is 0.164 e. The number of nitrogens with zero attached hydrogens (tertiary/aromatic N) is 3. The molecule has 230 valence electrons. The third kappa shape index (κ3) is 5.48. The van der Waals surface area contributed by atoms with Crippen molar-refractivity contribution in [3.05, 3.63) is 176 Å². The number of thiophene rings is 1. The molecule has 2 aromatic heterocycles. The van der Waals surface area contributed by atoms with Gasteiger partial charge in [-0.2, -0.15) is 0 Å². The summed E-state index contributed by atoms with van der Waals surface area (Å²) in [5.74, 6) is 0.425. The zero-order valence-corrected chi connectivity index (χ0v) is 26.5. The second kappa shape index (κ2) is 12.4. The van der Waals surface area contributed by atoms with Gasteiger partial charge in [0.25, 0.3) is 0 Å². The van der Waals surface area contributed by atoms with Gasteiger partial charge >= 0.3 is 0 Å². The summed E-state index contributed by atoms with van der Waals surface area (Å²) in [6.07, 6.45) is 0. The zero-order chi connectivity index (χ0) is 42.1. The van der Waals surface area contributed by atoms with E-state index in [-0.39, 0.29) is 66.4 Å². The van der Waals surface area contributed by atoms with Gasteiger partial charge in [0, 0.05) is 36.9 Å². The van der Waals surface area contributed by atoms with Crippen LogP contribution in [0.15, 0.2) is 176 Å². The molecule has 0 aliphatic heterocycles. The minimum Gasteiger partial charge on any atom is -0.208 e. The molecule has 9 rings (SSSR count). The topological polar surface area (TPSA) is 38.7 Å². The Kier molecular flexibility index (Phi) is 4.96. The minimum absolute atomic E-state index is 0.0293. The summed E-state index contributed by atoms with van der Waals surface area (Å²) in [6, 6.07) is 29.2. The van der Waals surface area contributed by atoms with Crippen molar-refractivity contribution in [2.45, 2.75) is 0 Å². The van der Waals surface area contributed by atoms with E-state index in [9.17, 15) is 1.37 Å². The van der Waals surface area contributed by atoms with Crippen molar-refractivity contribution in [3.8, 4) is 67.5 Å². The van der Waals surface area contributed by atoms with E-state index in [0.29, 0.717) is 11.1 Å². The van der Waals surface area contributed by atoms with E-state index in [0.717, 1.165) is 33.6 Å². The van der Waals surface area contributed by atoms with Gasteiger partial charge in [-0.1, -0.05) is 164 Å². The van der Waals surface area contributed by atoms with E-state index in [1.165, 1.54) is 0 Å². The maximum absolute atomic E-state index is 9.33. The van der Waals surface area contributed by atoms with Crippen molar-refractivity contribution in [3.63, 3.8) is 0 Å². The van der Waals surface area contributed by atoms with Gasteiger partial charge in [-0.05, 0) is 45.5 Å². The van der Waals surface area contributed by atoms with E-state index in [1.807, 2.05) is 72.8 Å². The fraction of sp³-hybridized carbons (Fsp3) is 0. The predicted octanol–water partition coefficient (Wildman–Crippen LogP) is 12.2. The fourth-order valence-corrected chi connectivity index (χ4v) is 6.89. The summed E-state index contributed by atoms with van der Waals surface area (Å²) < 4.78 is 96.8. The normalized spacial score (nSPS) is 14.4. The largest absolute Gasteiger partial charge is 0.208 e. The molecule has 0 aliphatic rings. The molecule has 4 heteroatoms. The molecule has 0 fully saturated rings. The van der Waals surface area contributed by atoms with Crippen LogP contribution in [0.2, 0.25) is 0 Å². The Bertz CT molecular complexity index is 3170. The van der Waals surface area contributed by atoms with Crippen molar-refractivity contribution in [1.29, 1.82) is 0 Å². The molecule has 0 unspecified atom stereocenters. The number of hydrogen-bond donors (Lipinski definition) is 0. The van der Waals surface area contributed by atoms with Crippen molar-refractivity contribution in [2.24, 2.45) is 0 Å². The zero-order valence-electron chi connectivity index (χ0n) is 36.6. The Hall–Kier alpha value is -6.23. The Labute approximate surface area is 304 Å². The molecular formula is C45H29N3S. The Balaban J connectivity index is 1.30. The van der Waals surface area contributed by atoms with Crippen LogP contribution >= 0.6 is 11.3 Å². The highest BCUT2D eigenvalue weighted by Crippen LogP contribution is 2.44. The van der Waals surface area contributed by atoms with Crippen LogP contribution in [0.1, 0.15) is 15.1 Å². The summed E-state index contributed by atoms with van der Waals surface area (Å²) in [5.41, 5.74) is 4.78. The summed E-state index contributed by atoms with van der Waals surface area (Å²) >= 11 is 0.896. The number of hydrogen-bond acceptors (Lipinski definition) is 4. The maximum atomic E-state index is 9.33. The standard InChI is InChI=1S/C45H29N3S/c1-4-12-30(13-5-1)31-22-24-32(25-23-31)33-26-28-36(29-27-33)44-46-43(35-16-8-3-9-17-35)47-45(48-44)38-19-11-21-40-42(38)41-37(18-10-20-39(41)49-40)34-14-6-2-7-15-34/h1-29H/i2D,6D,7D,10D,11D,14D,15D,18D,19D,20D,21D. The van der Waals surface area contributed by atoms with Crippen molar-refractivity contribution >= 4 is 31.5 Å². The molecule has 0 atom stereocenters. The minimum atomic E-state index is -0.652. The Morgan fingerprint density at radius 2 is 0.776 bits per heavy atom. The average molecular weight is 655 g/mol. The second-order valence-corrected chi connectivity index (χ2v) is 12.2. The average Bonchev–Trinajstić information content (AvgIpc) is 3.68. The summed E-state index contributed by atoms with van der Waals surface area (Å²) in [4.78, 5) is 14.6. The van der Waals surface area contributed by atoms with Gasteiger partial charge in [0.05, 0.1) is 15.1 Å². The van der Waals surface area contributed by atoms with E-state index in [1.54, 1.807) is 0 Å². The molecule has 0 aliphatic carbocycles. The predicted molar refractivity (Wildman–Crippen MR) is 205 cm³/mol. The van der Waals surface area contributed by atoms with Crippen LogP contribution in [-0.2, 0) is 0 Å². The first-order valence-electron chi connectivity index (χ1n) is 21.0. The molecule has 49 heavy (non-hydrogen) atoms. The lowest BCUT2D eigenvalue weighted by molar-refractivity contribution is 1.08. The van der Waals surface area contributed by atoms with Gasteiger partial charge in [0.2, 0.25) is 0 Å². The van der Waals surface area contributed by atoms with Gasteiger partial charge in [-0.15, -0.1) is 11.3 Å². The van der Waals surface area contributed by atoms with Crippen molar-refractivity contribution < 1.29 is 15.1 Å². The van der Waals surface area contributed by atoms with Crippen LogP contribution in [0.3, 0.4) is 0 Å². The van der Waals surface area contributed by atoms with Crippen LogP contribution in [0.5, 0.6) is 0 Å². The van der Waals surface area contributed by atoms with E-state index in [2.05, 4.69) is 36.4 Å². The van der Waals surface area contributed by atoms with Gasteiger partial charge < -0.3 is 0 Å². The van der Waals surface area contributed by atoms with E-state index >= 15 is 0 Å². The molecule has 9 aromatic rings. The number of aromatic nitrogens is 3. The van der Waals surface area contributed by atoms with Crippen LogP contribution < -0.4 is 0 Å². The smallest absolute Gasteiger partial charge is 0.164 e. The summed E-state index contributed by atoms with van der Waals surface area (Å²) in [6.45, 7) is 0. The molecule has 0 saturated carbocycles. The number of benzene rings is 7. The monoisotopic (exact) mass is 654 g/mol. The first-order chi connectivity index (χ1) is 28.8. The third-order valence-electron chi connectivity index (χ3n) is 8.24. The van der Waals surface area contributed by atoms with Crippen LogP contribution in [0.25, 0.3) is 87.7 Å². The lowest BCUT2D eigenvalue weighted by Crippen LogP contribution is -2.00. The fourth-order valence-electron chi connectivity index (χ4n) is 5.87. The molecular weight excluding hydrogens is 615 g/mol. The molecule has 0 N–H and O–H groups in total. The molecule has 0 spiro atoms. The highest BCUT2D eigenvalue weighted by molar-refractivity contribution is 7.26. The lowest BCUT2D eigenvalue weighted by atomic mass is 9.97. The lowest BCUT2D eigenvalue weighted by Gasteiger charge is -2.11. The van der Waals surface area contributed by atoms with Gasteiger partial charge in [0.1, 0.15) is 0 Å². The molecule has 0 bridgehead atoms. The molecule has 0 radical (unpaired) electrons. The van der Waals surface area contributed by atoms with Crippen molar-refractivity contribution in [2.75, 3.05) is 0 Å². The van der Waals surface area contributed by atoms with Gasteiger partial charge in [-0.3, -0.25) is 0 Å². The van der Waals surface area contributed by atoms with E-state index in [4.69, 9.17) is 28.7 Å². The van der Waals surface area contributed by atoms with Crippen LogP contribution in [0.4, 0.5) is 0 Å². The molecule has 0 saturated heterocycles. The summed E-state index contributed by atoms with van der Waals surface area (Å²) in [7, 11) is 0. The van der Waals surface area contributed by atoms with Crippen LogP contribution in [-0.4, -0.2) is 15.0 Å². The molecule has 7 aromatic carbocycles. The quantitative estimate of drug-likeness (QED) is 0.179. The SMILES string of the molecule is [2H]c1c([2H])c([2H])c(-c2c([2H])c([2H])c([2H])c3sc4c([2H])c([2H])c([2H])c(-c5nc(-c6ccccc6)nc(-c6ccc(-c7ccc(-c8ccccc8)cc7)cc6)n5)c4c23)c([2H])c1[2H]. The molecule has 0 amide bonds. The first kappa shape index (κ1) is 19.6. The van der Waals surface area contributed by atoms with E-state index < -0.39 is 54.4 Å². The summed E-state index contributed by atoms with van der Waals surface area (Å²) in [5, 5.41) is 0.123. The van der Waals surface area contributed by atoms with Gasteiger partial charge in [-0.25, -0.2) is 15.0 Å². The third-order valence-corrected chi connectivity index (χ3v) is 9.27. The van der Waals surface area contributed by atoms with Gasteiger partial charge in [0.15, 0.2) is 17.5 Å². The Morgan fingerprint density at radius 3 is 1.35 bits per heavy atom. The number of rotatable bonds is 6. The highest BCUT2D eigenvalue weighted by atomic mass is 32.1.